The molecule has 1 amide bonds. The normalized spacial score (nSPS) is 10.4. The van der Waals surface area contributed by atoms with Crippen LogP contribution in [0.2, 0.25) is 0 Å². The quantitative estimate of drug-likeness (QED) is 0.777. The van der Waals surface area contributed by atoms with E-state index >= 15 is 0 Å². The lowest BCUT2D eigenvalue weighted by Crippen LogP contribution is -2.38. The molecule has 1 aromatic rings. The lowest BCUT2D eigenvalue weighted by molar-refractivity contribution is -0.122. The van der Waals surface area contributed by atoms with E-state index in [1.165, 1.54) is 12.3 Å². The van der Waals surface area contributed by atoms with Crippen LogP contribution < -0.4 is 16.2 Å². The van der Waals surface area contributed by atoms with Crippen LogP contribution in [0.1, 0.15) is 26.7 Å². The van der Waals surface area contributed by atoms with Crippen LogP contribution in [-0.2, 0) is 11.3 Å². The van der Waals surface area contributed by atoms with Gasteiger partial charge in [-0.25, -0.2) is 4.68 Å². The Morgan fingerprint density at radius 1 is 1.44 bits per heavy atom. The smallest absolute Gasteiger partial charge is 0.269 e. The Morgan fingerprint density at radius 2 is 2.11 bits per heavy atom. The molecule has 0 bridgehead atoms. The van der Waals surface area contributed by atoms with Crippen LogP contribution in [-0.4, -0.2) is 28.8 Å². The Hall–Kier alpha value is -1.85. The van der Waals surface area contributed by atoms with Crippen LogP contribution in [0, 0.1) is 0 Å². The van der Waals surface area contributed by atoms with Crippen molar-refractivity contribution in [3.05, 3.63) is 22.6 Å². The molecule has 18 heavy (non-hydrogen) atoms. The lowest BCUT2D eigenvalue weighted by atomic mass is 10.2. The van der Waals surface area contributed by atoms with E-state index in [1.54, 1.807) is 7.05 Å². The Balaban J connectivity index is 2.67. The molecule has 0 fully saturated rings. The summed E-state index contributed by atoms with van der Waals surface area (Å²) in [6.07, 6.45) is 3.28. The molecular formula is C12H20N4O2. The van der Waals surface area contributed by atoms with Crippen LogP contribution in [0.25, 0.3) is 0 Å². The Morgan fingerprint density at radius 3 is 2.61 bits per heavy atom. The number of carbonyl (C=O) groups is 1. The van der Waals surface area contributed by atoms with Gasteiger partial charge >= 0.3 is 0 Å². The molecule has 0 saturated carbocycles. The van der Waals surface area contributed by atoms with Gasteiger partial charge in [0, 0.05) is 19.2 Å². The molecule has 0 spiro atoms. The van der Waals surface area contributed by atoms with Gasteiger partial charge in [-0.15, -0.1) is 0 Å². The van der Waals surface area contributed by atoms with Gasteiger partial charge in [0.2, 0.25) is 5.91 Å². The maximum Gasteiger partial charge on any atom is 0.269 e. The first-order chi connectivity index (χ1) is 8.60. The molecule has 2 N–H and O–H groups in total. The maximum atomic E-state index is 11.7. The summed E-state index contributed by atoms with van der Waals surface area (Å²) in [5.41, 5.74) is 0.346. The number of hydrogen-bond donors (Lipinski definition) is 2. The van der Waals surface area contributed by atoms with Crippen molar-refractivity contribution in [1.82, 2.24) is 15.1 Å². The van der Waals surface area contributed by atoms with E-state index in [0.717, 1.165) is 17.5 Å². The van der Waals surface area contributed by atoms with Gasteiger partial charge in [-0.1, -0.05) is 13.8 Å². The molecule has 0 aliphatic heterocycles. The van der Waals surface area contributed by atoms with E-state index in [0.29, 0.717) is 5.69 Å². The minimum absolute atomic E-state index is 0.0423. The van der Waals surface area contributed by atoms with Gasteiger partial charge in [0.25, 0.3) is 5.56 Å². The number of hydrogen-bond acceptors (Lipinski definition) is 4. The second kappa shape index (κ2) is 6.78. The van der Waals surface area contributed by atoms with Crippen molar-refractivity contribution in [2.45, 2.75) is 39.3 Å². The predicted molar refractivity (Wildman–Crippen MR) is 70.6 cm³/mol. The van der Waals surface area contributed by atoms with E-state index in [4.69, 9.17) is 0 Å². The topological polar surface area (TPSA) is 76.0 Å². The highest BCUT2D eigenvalue weighted by Crippen LogP contribution is 1.98. The summed E-state index contributed by atoms with van der Waals surface area (Å²) >= 11 is 0. The van der Waals surface area contributed by atoms with Gasteiger partial charge in [0.1, 0.15) is 6.54 Å². The standard InChI is InChI=1S/C12H20N4O2/c1-4-9(5-2)15-11(17)8-16-12(18)6-10(13-3)7-14-16/h6-7,9,13H,4-5,8H2,1-3H3,(H,15,17). The third kappa shape index (κ3) is 3.87. The molecule has 6 nitrogen and oxygen atoms in total. The van der Waals surface area contributed by atoms with Gasteiger partial charge in [-0.05, 0) is 12.8 Å². The van der Waals surface area contributed by atoms with Crippen LogP contribution in [0.5, 0.6) is 0 Å². The molecule has 1 rings (SSSR count). The Kier molecular flexibility index (Phi) is 5.35. The maximum absolute atomic E-state index is 11.7. The van der Waals surface area contributed by atoms with E-state index < -0.39 is 0 Å². The molecule has 0 saturated heterocycles. The summed E-state index contributed by atoms with van der Waals surface area (Å²) in [6.45, 7) is 3.99. The zero-order valence-electron chi connectivity index (χ0n) is 11.1. The van der Waals surface area contributed by atoms with E-state index in [9.17, 15) is 9.59 Å². The Bertz CT molecular complexity index is 452. The van der Waals surface area contributed by atoms with Gasteiger partial charge < -0.3 is 10.6 Å². The number of anilines is 1. The van der Waals surface area contributed by atoms with Crippen molar-refractivity contribution in [1.29, 1.82) is 0 Å². The molecule has 6 heteroatoms. The highest BCUT2D eigenvalue weighted by molar-refractivity contribution is 5.75. The number of carbonyl (C=O) groups excluding carboxylic acids is 1. The van der Waals surface area contributed by atoms with Crippen molar-refractivity contribution in [2.24, 2.45) is 0 Å². The number of aromatic nitrogens is 2. The van der Waals surface area contributed by atoms with Crippen LogP contribution >= 0.6 is 0 Å². The third-order valence-corrected chi connectivity index (χ3v) is 2.80. The average molecular weight is 252 g/mol. The van der Waals surface area contributed by atoms with Crippen LogP contribution in [0.4, 0.5) is 5.69 Å². The summed E-state index contributed by atoms with van der Waals surface area (Å²) in [5.74, 6) is -0.185. The summed E-state index contributed by atoms with van der Waals surface area (Å²) in [7, 11) is 1.71. The molecular weight excluding hydrogens is 232 g/mol. The minimum atomic E-state index is -0.290. The van der Waals surface area contributed by atoms with E-state index in [-0.39, 0.29) is 24.1 Å². The fraction of sp³-hybridized carbons (Fsp3) is 0.583. The molecule has 0 atom stereocenters. The molecule has 100 valence electrons. The fourth-order valence-electron chi connectivity index (χ4n) is 1.59. The van der Waals surface area contributed by atoms with Crippen molar-refractivity contribution in [3.8, 4) is 0 Å². The van der Waals surface area contributed by atoms with E-state index in [1.807, 2.05) is 13.8 Å². The average Bonchev–Trinajstić information content (AvgIpc) is 2.38. The first-order valence-corrected chi connectivity index (χ1v) is 6.15. The van der Waals surface area contributed by atoms with Crippen LogP contribution in [0.3, 0.4) is 0 Å². The number of nitrogens with one attached hydrogen (secondary N) is 2. The third-order valence-electron chi connectivity index (χ3n) is 2.80. The second-order valence-electron chi connectivity index (χ2n) is 4.07. The second-order valence-corrected chi connectivity index (χ2v) is 4.07. The van der Waals surface area contributed by atoms with Crippen molar-refractivity contribution in [3.63, 3.8) is 0 Å². The molecule has 0 unspecified atom stereocenters. The summed E-state index contributed by atoms with van der Waals surface area (Å²) in [6, 6.07) is 1.57. The van der Waals surface area contributed by atoms with Crippen molar-refractivity contribution < 1.29 is 4.79 Å². The number of rotatable bonds is 6. The number of amides is 1. The molecule has 0 aromatic carbocycles. The summed E-state index contributed by atoms with van der Waals surface area (Å²) in [5, 5.41) is 9.62. The monoisotopic (exact) mass is 252 g/mol. The number of nitrogens with zero attached hydrogens (tertiary/aromatic N) is 2. The lowest BCUT2D eigenvalue weighted by Gasteiger charge is -2.14. The molecule has 0 aliphatic rings. The first-order valence-electron chi connectivity index (χ1n) is 6.15. The van der Waals surface area contributed by atoms with Crippen LogP contribution in [0.15, 0.2) is 17.1 Å². The predicted octanol–water partition coefficient (Wildman–Crippen LogP) is 0.590. The molecule has 1 aromatic heterocycles. The van der Waals surface area contributed by atoms with Gasteiger partial charge in [-0.3, -0.25) is 9.59 Å². The SMILES string of the molecule is CCC(CC)NC(=O)Cn1ncc(NC)cc1=O. The fourth-order valence-corrected chi connectivity index (χ4v) is 1.59. The highest BCUT2D eigenvalue weighted by atomic mass is 16.2. The van der Waals surface area contributed by atoms with Gasteiger partial charge in [0.15, 0.2) is 0 Å². The molecule has 0 radical (unpaired) electrons. The Labute approximate surface area is 106 Å². The first kappa shape index (κ1) is 14.2. The van der Waals surface area contributed by atoms with Gasteiger partial charge in [-0.2, -0.15) is 5.10 Å². The zero-order valence-corrected chi connectivity index (χ0v) is 11.1. The minimum Gasteiger partial charge on any atom is -0.387 e. The summed E-state index contributed by atoms with van der Waals surface area (Å²) in [4.78, 5) is 23.4. The van der Waals surface area contributed by atoms with E-state index in [2.05, 4.69) is 15.7 Å². The van der Waals surface area contributed by atoms with Crippen molar-refractivity contribution >= 4 is 11.6 Å². The molecule has 1 heterocycles. The largest absolute Gasteiger partial charge is 0.387 e. The molecule has 0 aliphatic carbocycles. The summed E-state index contributed by atoms with van der Waals surface area (Å²) < 4.78 is 1.15. The van der Waals surface area contributed by atoms with Crippen molar-refractivity contribution in [2.75, 3.05) is 12.4 Å². The highest BCUT2D eigenvalue weighted by Gasteiger charge is 2.10. The van der Waals surface area contributed by atoms with Gasteiger partial charge in [0.05, 0.1) is 11.9 Å². The zero-order chi connectivity index (χ0) is 13.5.